The first kappa shape index (κ1) is 28.7. The minimum atomic E-state index is -1.13. The highest BCUT2D eigenvalue weighted by atomic mass is 79.9. The fourth-order valence-electron chi connectivity index (χ4n) is 4.91. The van der Waals surface area contributed by atoms with Gasteiger partial charge in [0.05, 0.1) is 18.7 Å². The first-order chi connectivity index (χ1) is 18.0. The molecule has 1 aliphatic rings. The molecule has 0 spiro atoms. The average Bonchev–Trinajstić information content (AvgIpc) is 3.27. The molecule has 0 saturated carbocycles. The fraction of sp³-hybridized carbons (Fsp3) is 0.500. The van der Waals surface area contributed by atoms with Crippen LogP contribution >= 0.6 is 15.9 Å². The highest BCUT2D eigenvalue weighted by molar-refractivity contribution is 9.10. The number of halogens is 2. The second-order valence-corrected chi connectivity index (χ2v) is 17.9. The van der Waals surface area contributed by atoms with E-state index in [-0.39, 0.29) is 11.2 Å². The van der Waals surface area contributed by atoms with E-state index in [0.717, 1.165) is 39.2 Å². The molecule has 1 aromatic heterocycles. The van der Waals surface area contributed by atoms with Crippen molar-refractivity contribution in [2.24, 2.45) is 0 Å². The summed E-state index contributed by atoms with van der Waals surface area (Å²) in [5.74, 6) is -0.285. The maximum absolute atomic E-state index is 13.6. The number of hydrogen-bond donors (Lipinski definition) is 1. The summed E-state index contributed by atoms with van der Waals surface area (Å²) >= 11 is 3.62. The van der Waals surface area contributed by atoms with Crippen LogP contribution in [0.5, 0.6) is 0 Å². The molecule has 3 aromatic rings. The van der Waals surface area contributed by atoms with Gasteiger partial charge in [-0.25, -0.2) is 13.9 Å². The van der Waals surface area contributed by atoms with Crippen LogP contribution in [0.1, 0.15) is 24.0 Å². The second-order valence-electron chi connectivity index (χ2n) is 11.4. The Morgan fingerprint density at radius 2 is 1.84 bits per heavy atom. The predicted octanol–water partition coefficient (Wildman–Crippen LogP) is 6.52. The summed E-state index contributed by atoms with van der Waals surface area (Å²) in [5.41, 5.74) is 2.67. The van der Waals surface area contributed by atoms with E-state index in [0.29, 0.717) is 52.3 Å². The van der Waals surface area contributed by atoms with Crippen molar-refractivity contribution >= 4 is 41.0 Å². The van der Waals surface area contributed by atoms with Gasteiger partial charge in [-0.1, -0.05) is 47.7 Å². The van der Waals surface area contributed by atoms with Crippen LogP contribution in [-0.4, -0.2) is 66.9 Å². The molecule has 2 aromatic carbocycles. The molecule has 10 heteroatoms. The molecule has 1 fully saturated rings. The summed E-state index contributed by atoms with van der Waals surface area (Å²) in [6.07, 6.45) is 3.06. The molecule has 1 N–H and O–H groups in total. The first-order valence-electron chi connectivity index (χ1n) is 13.1. The number of likely N-dealkylation sites (tertiary alicyclic amines) is 1. The van der Waals surface area contributed by atoms with E-state index in [1.807, 2.05) is 10.9 Å². The maximum Gasteiger partial charge on any atom is 0.407 e. The number of fused-ring (bicyclic) bond motifs is 1. The largest absolute Gasteiger partial charge is 0.465 e. The fourth-order valence-corrected chi connectivity index (χ4v) is 6.19. The Labute approximate surface area is 233 Å². The molecule has 0 bridgehead atoms. The third-order valence-corrected chi connectivity index (χ3v) is 9.42. The molecular formula is C28H37BrFN3O4Si. The minimum Gasteiger partial charge on any atom is -0.465 e. The van der Waals surface area contributed by atoms with Crippen LogP contribution in [0.4, 0.5) is 9.18 Å². The highest BCUT2D eigenvalue weighted by Gasteiger charge is 2.38. The van der Waals surface area contributed by atoms with Crippen LogP contribution in [0, 0.1) is 5.82 Å². The van der Waals surface area contributed by atoms with Gasteiger partial charge in [-0.2, -0.15) is 5.10 Å². The van der Waals surface area contributed by atoms with E-state index in [2.05, 4.69) is 47.7 Å². The van der Waals surface area contributed by atoms with Gasteiger partial charge in [0.2, 0.25) is 0 Å². The molecule has 1 aliphatic heterocycles. The van der Waals surface area contributed by atoms with Gasteiger partial charge in [-0.3, -0.25) is 0 Å². The maximum atomic E-state index is 13.6. The van der Waals surface area contributed by atoms with Gasteiger partial charge in [0, 0.05) is 49.2 Å². The van der Waals surface area contributed by atoms with Crippen molar-refractivity contribution in [3.63, 3.8) is 0 Å². The monoisotopic (exact) mass is 605 g/mol. The number of carbonyl (C=O) groups is 1. The molecule has 1 amide bonds. The van der Waals surface area contributed by atoms with Crippen LogP contribution < -0.4 is 0 Å². The smallest absolute Gasteiger partial charge is 0.407 e. The van der Waals surface area contributed by atoms with E-state index in [1.54, 1.807) is 12.1 Å². The Hall–Kier alpha value is -2.27. The Kier molecular flexibility index (Phi) is 9.28. The Balaban J connectivity index is 1.40. The molecule has 4 rings (SSSR count). The quantitative estimate of drug-likeness (QED) is 0.199. The van der Waals surface area contributed by atoms with Crippen molar-refractivity contribution in [3.05, 3.63) is 64.0 Å². The van der Waals surface area contributed by atoms with Gasteiger partial charge in [0.25, 0.3) is 0 Å². The summed E-state index contributed by atoms with van der Waals surface area (Å²) in [6, 6.07) is 11.8. The molecule has 0 radical (unpaired) electrons. The zero-order valence-corrected chi connectivity index (χ0v) is 25.0. The van der Waals surface area contributed by atoms with Crippen molar-refractivity contribution in [3.8, 4) is 0 Å². The molecule has 0 unspecified atom stereocenters. The van der Waals surface area contributed by atoms with Gasteiger partial charge in [0.1, 0.15) is 12.5 Å². The first-order valence-corrected chi connectivity index (χ1v) is 17.6. The number of amides is 1. The van der Waals surface area contributed by atoms with E-state index < -0.39 is 14.2 Å². The van der Waals surface area contributed by atoms with E-state index >= 15 is 0 Å². The number of hydrogen-bond acceptors (Lipinski definition) is 4. The summed E-state index contributed by atoms with van der Waals surface area (Å²) in [4.78, 5) is 12.9. The summed E-state index contributed by atoms with van der Waals surface area (Å²) in [5, 5.41) is 15.2. The van der Waals surface area contributed by atoms with Gasteiger partial charge in [0.15, 0.2) is 0 Å². The standard InChI is InChI=1S/C28H37BrFN3O4Si/c1-38(2,3)15-14-37-20-33-18-22-17-24(29)16-21(26(22)31-33)8-13-36-19-28(23-4-6-25(30)7-5-23)9-11-32(12-10-28)27(34)35/h4-7,16-18H,8-15,19-20H2,1-3H3,(H,34,35). The van der Waals surface area contributed by atoms with Crippen LogP contribution in [0.3, 0.4) is 0 Å². The lowest BCUT2D eigenvalue weighted by molar-refractivity contribution is 0.0460. The summed E-state index contributed by atoms with van der Waals surface area (Å²) < 4.78 is 28.6. The molecule has 0 aliphatic carbocycles. The number of rotatable bonds is 11. The number of nitrogens with zero attached hydrogens (tertiary/aromatic N) is 3. The summed E-state index contributed by atoms with van der Waals surface area (Å²) in [7, 11) is -1.13. The zero-order valence-electron chi connectivity index (χ0n) is 22.4. The number of ether oxygens (including phenoxy) is 2. The third-order valence-electron chi connectivity index (χ3n) is 7.26. The molecule has 38 heavy (non-hydrogen) atoms. The molecule has 1 saturated heterocycles. The van der Waals surface area contributed by atoms with Gasteiger partial charge in [-0.05, 0) is 60.7 Å². The Morgan fingerprint density at radius 3 is 2.50 bits per heavy atom. The number of benzene rings is 2. The van der Waals surface area contributed by atoms with Gasteiger partial charge >= 0.3 is 6.09 Å². The highest BCUT2D eigenvalue weighted by Crippen LogP contribution is 2.36. The predicted molar refractivity (Wildman–Crippen MR) is 153 cm³/mol. The molecular weight excluding hydrogens is 569 g/mol. The van der Waals surface area contributed by atoms with E-state index in [9.17, 15) is 14.3 Å². The summed E-state index contributed by atoms with van der Waals surface area (Å²) in [6.45, 7) is 10.00. The normalized spacial score (nSPS) is 15.8. The molecule has 206 valence electrons. The lowest BCUT2D eigenvalue weighted by Gasteiger charge is -2.41. The SMILES string of the molecule is C[Si](C)(C)CCOCn1cc2cc(Br)cc(CCOCC3(c4ccc(F)cc4)CCN(C(=O)O)CC3)c2n1. The lowest BCUT2D eigenvalue weighted by atomic mass is 9.73. The minimum absolute atomic E-state index is 0.285. The van der Waals surface area contributed by atoms with E-state index in [4.69, 9.17) is 14.6 Å². The topological polar surface area (TPSA) is 76.8 Å². The van der Waals surface area contributed by atoms with Crippen molar-refractivity contribution in [1.82, 2.24) is 14.7 Å². The van der Waals surface area contributed by atoms with Gasteiger partial charge < -0.3 is 19.5 Å². The number of piperidine rings is 1. The van der Waals surface area contributed by atoms with Crippen molar-refractivity contribution in [1.29, 1.82) is 0 Å². The van der Waals surface area contributed by atoms with Crippen LogP contribution in [-0.2, 0) is 28.0 Å². The lowest BCUT2D eigenvalue weighted by Crippen LogP contribution is -2.47. The Bertz CT molecular complexity index is 1240. The number of aromatic nitrogens is 2. The average molecular weight is 607 g/mol. The van der Waals surface area contributed by atoms with Crippen LogP contribution in [0.2, 0.25) is 25.7 Å². The molecule has 2 heterocycles. The second kappa shape index (κ2) is 12.3. The van der Waals surface area contributed by atoms with E-state index in [1.165, 1.54) is 17.0 Å². The number of carboxylic acid groups (broad SMARTS) is 1. The van der Waals surface area contributed by atoms with Crippen molar-refractivity contribution in [2.75, 3.05) is 32.9 Å². The van der Waals surface area contributed by atoms with Crippen molar-refractivity contribution < 1.29 is 23.8 Å². The van der Waals surface area contributed by atoms with Crippen molar-refractivity contribution in [2.45, 2.75) is 57.1 Å². The third kappa shape index (κ3) is 7.43. The Morgan fingerprint density at radius 1 is 1.13 bits per heavy atom. The molecule has 7 nitrogen and oxygen atoms in total. The molecule has 0 atom stereocenters. The van der Waals surface area contributed by atoms with Crippen LogP contribution in [0.15, 0.2) is 47.1 Å². The zero-order chi connectivity index (χ0) is 27.3. The van der Waals surface area contributed by atoms with Gasteiger partial charge in [-0.15, -0.1) is 0 Å². The van der Waals surface area contributed by atoms with Crippen LogP contribution in [0.25, 0.3) is 10.9 Å².